The van der Waals surface area contributed by atoms with Gasteiger partial charge in [-0.15, -0.1) is 0 Å². The minimum Gasteiger partial charge on any atom is -0.250 e. The second kappa shape index (κ2) is 4.43. The van der Waals surface area contributed by atoms with Gasteiger partial charge in [0.15, 0.2) is 5.60 Å². The molecular weight excluding hydrogens is 202 g/mol. The summed E-state index contributed by atoms with van der Waals surface area (Å²) in [4.78, 5) is 4.13. The molecule has 0 spiro atoms. The molecule has 3 nitrogen and oxygen atoms in total. The Morgan fingerprint density at radius 1 is 1.50 bits per heavy atom. The Hall–Kier alpha value is -1.08. The van der Waals surface area contributed by atoms with Gasteiger partial charge >= 0.3 is 0 Å². The van der Waals surface area contributed by atoms with E-state index < -0.39 is 5.60 Å². The van der Waals surface area contributed by atoms with Crippen LogP contribution in [0.15, 0.2) is 24.3 Å². The first kappa shape index (κ1) is 11.0. The number of rotatable bonds is 3. The Morgan fingerprint density at radius 2 is 2.07 bits per heavy atom. The van der Waals surface area contributed by atoms with E-state index in [-0.39, 0.29) is 0 Å². The molecule has 0 aromatic heterocycles. The molecule has 0 bridgehead atoms. The predicted molar refractivity (Wildman–Crippen MR) is 52.9 cm³/mol. The molecule has 1 atom stereocenters. The Balaban J connectivity index is 2.79. The van der Waals surface area contributed by atoms with E-state index >= 15 is 0 Å². The Kier molecular flexibility index (Phi) is 3.48. The molecular formula is C10H10ClNO2. The normalized spacial score (nSPS) is 14.4. The first-order valence-corrected chi connectivity index (χ1v) is 4.46. The Labute approximate surface area is 87.4 Å². The average molecular weight is 212 g/mol. The third-order valence-corrected chi connectivity index (χ3v) is 2.14. The monoisotopic (exact) mass is 211 g/mol. The summed E-state index contributed by atoms with van der Waals surface area (Å²) in [5, 5.41) is 17.9. The molecule has 4 heteroatoms. The molecule has 14 heavy (non-hydrogen) atoms. The molecule has 0 saturated heterocycles. The van der Waals surface area contributed by atoms with Crippen molar-refractivity contribution in [2.75, 3.05) is 0 Å². The predicted octanol–water partition coefficient (Wildman–Crippen LogP) is 2.65. The maximum atomic E-state index is 8.74. The molecule has 0 aliphatic carbocycles. The topological polar surface area (TPSA) is 53.2 Å². The fourth-order valence-corrected chi connectivity index (χ4v) is 1.21. The molecule has 0 fully saturated rings. The standard InChI is InChI=1S/C10H10ClNO2/c1-10(7-12,14-13)6-8-2-4-9(11)5-3-8/h2-5,13H,6H2,1H3/t10-/m0/s1. The van der Waals surface area contributed by atoms with Gasteiger partial charge in [0.25, 0.3) is 0 Å². The van der Waals surface area contributed by atoms with Crippen LogP contribution in [0.3, 0.4) is 0 Å². The van der Waals surface area contributed by atoms with Gasteiger partial charge in [0, 0.05) is 11.4 Å². The summed E-state index contributed by atoms with van der Waals surface area (Å²) in [6.45, 7) is 1.52. The number of nitrogens with zero attached hydrogens (tertiary/aromatic N) is 1. The first-order valence-electron chi connectivity index (χ1n) is 4.08. The van der Waals surface area contributed by atoms with E-state index in [1.54, 1.807) is 24.3 Å². The molecule has 0 amide bonds. The van der Waals surface area contributed by atoms with Crippen LogP contribution < -0.4 is 0 Å². The lowest BCUT2D eigenvalue weighted by molar-refractivity contribution is -0.299. The van der Waals surface area contributed by atoms with Gasteiger partial charge in [0.1, 0.15) is 6.07 Å². The van der Waals surface area contributed by atoms with Crippen LogP contribution in [-0.4, -0.2) is 10.9 Å². The average Bonchev–Trinajstić information content (AvgIpc) is 2.21. The summed E-state index contributed by atoms with van der Waals surface area (Å²) < 4.78 is 0. The van der Waals surface area contributed by atoms with Crippen LogP contribution in [0.5, 0.6) is 0 Å². The molecule has 0 radical (unpaired) electrons. The van der Waals surface area contributed by atoms with Crippen LogP contribution in [0.25, 0.3) is 0 Å². The zero-order chi connectivity index (χ0) is 10.6. The molecule has 0 heterocycles. The number of nitriles is 1. The van der Waals surface area contributed by atoms with Crippen LogP contribution in [-0.2, 0) is 11.3 Å². The highest BCUT2D eigenvalue weighted by Crippen LogP contribution is 2.17. The molecule has 0 unspecified atom stereocenters. The van der Waals surface area contributed by atoms with Crippen LogP contribution >= 0.6 is 11.6 Å². The summed E-state index contributed by atoms with van der Waals surface area (Å²) in [6, 6.07) is 8.92. The Bertz CT molecular complexity index is 344. The molecule has 1 N–H and O–H groups in total. The van der Waals surface area contributed by atoms with Gasteiger partial charge in [-0.3, -0.25) is 5.26 Å². The summed E-state index contributed by atoms with van der Waals surface area (Å²) in [5.74, 6) is 0. The fourth-order valence-electron chi connectivity index (χ4n) is 1.08. The molecule has 1 aromatic carbocycles. The zero-order valence-electron chi connectivity index (χ0n) is 7.70. The number of benzene rings is 1. The van der Waals surface area contributed by atoms with Crippen molar-refractivity contribution in [2.24, 2.45) is 0 Å². The van der Waals surface area contributed by atoms with E-state index in [0.717, 1.165) is 5.56 Å². The number of hydrogen-bond donors (Lipinski definition) is 1. The second-order valence-electron chi connectivity index (χ2n) is 3.24. The van der Waals surface area contributed by atoms with Crippen LogP contribution in [0.1, 0.15) is 12.5 Å². The molecule has 1 rings (SSSR count). The van der Waals surface area contributed by atoms with Crippen molar-refractivity contribution in [1.82, 2.24) is 0 Å². The maximum absolute atomic E-state index is 8.74. The summed E-state index contributed by atoms with van der Waals surface area (Å²) in [5.41, 5.74) is -0.319. The zero-order valence-corrected chi connectivity index (χ0v) is 8.45. The van der Waals surface area contributed by atoms with Gasteiger partial charge < -0.3 is 0 Å². The molecule has 1 aromatic rings. The van der Waals surface area contributed by atoms with Crippen molar-refractivity contribution >= 4 is 11.6 Å². The van der Waals surface area contributed by atoms with Crippen LogP contribution in [0.4, 0.5) is 0 Å². The fraction of sp³-hybridized carbons (Fsp3) is 0.300. The van der Waals surface area contributed by atoms with Crippen molar-refractivity contribution in [1.29, 1.82) is 5.26 Å². The number of halogens is 1. The molecule has 0 aliphatic rings. The van der Waals surface area contributed by atoms with E-state index in [9.17, 15) is 0 Å². The summed E-state index contributed by atoms with van der Waals surface area (Å²) in [6.07, 6.45) is 0.317. The van der Waals surface area contributed by atoms with Gasteiger partial charge in [-0.25, -0.2) is 4.89 Å². The highest BCUT2D eigenvalue weighted by Gasteiger charge is 2.25. The first-order chi connectivity index (χ1) is 6.59. The molecule has 0 aliphatic heterocycles. The van der Waals surface area contributed by atoms with Gasteiger partial charge in [0.05, 0.1) is 0 Å². The summed E-state index contributed by atoms with van der Waals surface area (Å²) in [7, 11) is 0. The smallest absolute Gasteiger partial charge is 0.190 e. The van der Waals surface area contributed by atoms with Crippen molar-refractivity contribution in [3.8, 4) is 6.07 Å². The quantitative estimate of drug-likeness (QED) is 0.618. The van der Waals surface area contributed by atoms with Crippen LogP contribution in [0, 0.1) is 11.3 Å². The molecule has 0 saturated carbocycles. The highest BCUT2D eigenvalue weighted by atomic mass is 35.5. The van der Waals surface area contributed by atoms with E-state index in [4.69, 9.17) is 22.1 Å². The minimum atomic E-state index is -1.20. The van der Waals surface area contributed by atoms with Crippen molar-refractivity contribution in [3.05, 3.63) is 34.9 Å². The lowest BCUT2D eigenvalue weighted by Gasteiger charge is -2.16. The van der Waals surface area contributed by atoms with E-state index in [0.29, 0.717) is 11.4 Å². The second-order valence-corrected chi connectivity index (χ2v) is 3.67. The third-order valence-electron chi connectivity index (χ3n) is 1.89. The summed E-state index contributed by atoms with van der Waals surface area (Å²) >= 11 is 5.71. The maximum Gasteiger partial charge on any atom is 0.190 e. The number of hydrogen-bond acceptors (Lipinski definition) is 3. The lowest BCUT2D eigenvalue weighted by atomic mass is 9.98. The van der Waals surface area contributed by atoms with E-state index in [2.05, 4.69) is 4.89 Å². The minimum absolute atomic E-state index is 0.317. The van der Waals surface area contributed by atoms with Crippen molar-refractivity contribution in [3.63, 3.8) is 0 Å². The largest absolute Gasteiger partial charge is 0.250 e. The lowest BCUT2D eigenvalue weighted by Crippen LogP contribution is -2.28. The third kappa shape index (κ3) is 2.71. The van der Waals surface area contributed by atoms with Crippen molar-refractivity contribution in [2.45, 2.75) is 18.9 Å². The SMILES string of the molecule is C[C@@](C#N)(Cc1ccc(Cl)cc1)OO. The highest BCUT2D eigenvalue weighted by molar-refractivity contribution is 6.30. The van der Waals surface area contributed by atoms with Gasteiger partial charge in [-0.1, -0.05) is 23.7 Å². The van der Waals surface area contributed by atoms with Gasteiger partial charge in [-0.05, 0) is 24.6 Å². The molecule has 74 valence electrons. The van der Waals surface area contributed by atoms with Crippen molar-refractivity contribution < 1.29 is 10.1 Å². The van der Waals surface area contributed by atoms with Gasteiger partial charge in [-0.2, -0.15) is 5.26 Å². The van der Waals surface area contributed by atoms with Crippen LogP contribution in [0.2, 0.25) is 5.02 Å². The Morgan fingerprint density at radius 3 is 2.50 bits per heavy atom. The van der Waals surface area contributed by atoms with Gasteiger partial charge in [0.2, 0.25) is 0 Å². The van der Waals surface area contributed by atoms with E-state index in [1.165, 1.54) is 6.92 Å². The van der Waals surface area contributed by atoms with E-state index in [1.807, 2.05) is 6.07 Å².